The normalized spacial score (nSPS) is 14.7. The molecule has 2 aromatic heterocycles. The van der Waals surface area contributed by atoms with Gasteiger partial charge in [0.15, 0.2) is 0 Å². The van der Waals surface area contributed by atoms with E-state index in [2.05, 4.69) is 28.2 Å². The lowest BCUT2D eigenvalue weighted by atomic mass is 10.2. The fourth-order valence-electron chi connectivity index (χ4n) is 2.47. The number of nitrogens with one attached hydrogen (secondary N) is 1. The van der Waals surface area contributed by atoms with Gasteiger partial charge in [-0.3, -0.25) is 4.90 Å². The highest BCUT2D eigenvalue weighted by Gasteiger charge is 2.30. The van der Waals surface area contributed by atoms with Gasteiger partial charge in [0.25, 0.3) is 0 Å². The highest BCUT2D eigenvalue weighted by Crippen LogP contribution is 2.30. The molecule has 0 bridgehead atoms. The Morgan fingerprint density at radius 2 is 2.20 bits per heavy atom. The van der Waals surface area contributed by atoms with Crippen molar-refractivity contribution in [2.75, 3.05) is 11.9 Å². The Bertz CT molecular complexity index is 534. The second kappa shape index (κ2) is 6.09. The van der Waals surface area contributed by atoms with E-state index in [1.54, 1.807) is 6.26 Å². The second-order valence-corrected chi connectivity index (χ2v) is 5.26. The standard InChI is InChI=1S/C16H21N3O/c1-2-17-16-13(5-3-9-18-16)11-19(14-7-8-14)12-15-6-4-10-20-15/h3-6,9-10,14H,2,7-8,11-12H2,1H3,(H,17,18). The maximum absolute atomic E-state index is 5.48. The van der Waals surface area contributed by atoms with Gasteiger partial charge in [-0.25, -0.2) is 4.98 Å². The molecule has 3 rings (SSSR count). The summed E-state index contributed by atoms with van der Waals surface area (Å²) in [6.07, 6.45) is 6.17. The maximum Gasteiger partial charge on any atom is 0.130 e. The molecule has 0 saturated heterocycles. The lowest BCUT2D eigenvalue weighted by Crippen LogP contribution is -2.25. The van der Waals surface area contributed by atoms with E-state index in [0.29, 0.717) is 6.04 Å². The van der Waals surface area contributed by atoms with Crippen LogP contribution in [0.15, 0.2) is 41.1 Å². The van der Waals surface area contributed by atoms with Crippen molar-refractivity contribution in [3.05, 3.63) is 48.0 Å². The van der Waals surface area contributed by atoms with Gasteiger partial charge >= 0.3 is 0 Å². The summed E-state index contributed by atoms with van der Waals surface area (Å²) >= 11 is 0. The molecular formula is C16H21N3O. The fourth-order valence-corrected chi connectivity index (χ4v) is 2.47. The van der Waals surface area contributed by atoms with E-state index in [1.807, 2.05) is 24.4 Å². The molecule has 0 atom stereocenters. The first kappa shape index (κ1) is 13.2. The van der Waals surface area contributed by atoms with Crippen molar-refractivity contribution >= 4 is 5.82 Å². The number of aromatic nitrogens is 1. The van der Waals surface area contributed by atoms with Crippen LogP contribution >= 0.6 is 0 Å². The predicted octanol–water partition coefficient (Wildman–Crippen LogP) is 3.27. The molecule has 0 unspecified atom stereocenters. The molecule has 4 heteroatoms. The number of rotatable bonds is 7. The van der Waals surface area contributed by atoms with Gasteiger partial charge in [0.1, 0.15) is 11.6 Å². The average Bonchev–Trinajstić information content (AvgIpc) is 3.19. The van der Waals surface area contributed by atoms with Crippen LogP contribution in [0.1, 0.15) is 31.1 Å². The number of furan rings is 1. The zero-order chi connectivity index (χ0) is 13.8. The topological polar surface area (TPSA) is 41.3 Å². The van der Waals surface area contributed by atoms with E-state index in [0.717, 1.165) is 31.2 Å². The van der Waals surface area contributed by atoms with Crippen LogP contribution in [-0.4, -0.2) is 22.5 Å². The first-order valence-electron chi connectivity index (χ1n) is 7.31. The van der Waals surface area contributed by atoms with Crippen LogP contribution in [0.4, 0.5) is 5.82 Å². The lowest BCUT2D eigenvalue weighted by Gasteiger charge is -2.22. The summed E-state index contributed by atoms with van der Waals surface area (Å²) < 4.78 is 5.48. The molecule has 0 aliphatic heterocycles. The third-order valence-corrected chi connectivity index (χ3v) is 3.61. The lowest BCUT2D eigenvalue weighted by molar-refractivity contribution is 0.225. The number of hydrogen-bond acceptors (Lipinski definition) is 4. The van der Waals surface area contributed by atoms with E-state index >= 15 is 0 Å². The van der Waals surface area contributed by atoms with Crippen molar-refractivity contribution in [3.8, 4) is 0 Å². The molecule has 2 heterocycles. The van der Waals surface area contributed by atoms with Crippen molar-refractivity contribution in [2.45, 2.75) is 38.9 Å². The van der Waals surface area contributed by atoms with Crippen molar-refractivity contribution in [2.24, 2.45) is 0 Å². The Morgan fingerprint density at radius 3 is 2.90 bits per heavy atom. The third-order valence-electron chi connectivity index (χ3n) is 3.61. The Balaban J connectivity index is 1.73. The van der Waals surface area contributed by atoms with Crippen LogP contribution in [-0.2, 0) is 13.1 Å². The molecule has 0 amide bonds. The molecule has 106 valence electrons. The van der Waals surface area contributed by atoms with Crippen molar-refractivity contribution in [1.29, 1.82) is 0 Å². The van der Waals surface area contributed by atoms with E-state index in [-0.39, 0.29) is 0 Å². The summed E-state index contributed by atoms with van der Waals surface area (Å²) in [4.78, 5) is 6.92. The summed E-state index contributed by atoms with van der Waals surface area (Å²) in [5.74, 6) is 2.03. The van der Waals surface area contributed by atoms with Gasteiger partial charge in [-0.15, -0.1) is 0 Å². The molecule has 0 aromatic carbocycles. The maximum atomic E-state index is 5.48. The van der Waals surface area contributed by atoms with Crippen LogP contribution < -0.4 is 5.32 Å². The molecule has 20 heavy (non-hydrogen) atoms. The van der Waals surface area contributed by atoms with Gasteiger partial charge in [-0.05, 0) is 38.0 Å². The molecule has 4 nitrogen and oxygen atoms in total. The first-order valence-corrected chi connectivity index (χ1v) is 7.31. The van der Waals surface area contributed by atoms with Crippen LogP contribution in [0, 0.1) is 0 Å². The molecule has 1 aliphatic rings. The zero-order valence-electron chi connectivity index (χ0n) is 11.9. The van der Waals surface area contributed by atoms with Crippen molar-refractivity contribution in [1.82, 2.24) is 9.88 Å². The van der Waals surface area contributed by atoms with Gasteiger partial charge in [-0.2, -0.15) is 0 Å². The van der Waals surface area contributed by atoms with Gasteiger partial charge in [0.05, 0.1) is 12.8 Å². The molecule has 0 radical (unpaired) electrons. The average molecular weight is 271 g/mol. The highest BCUT2D eigenvalue weighted by molar-refractivity contribution is 5.43. The number of pyridine rings is 1. The third kappa shape index (κ3) is 3.20. The monoisotopic (exact) mass is 271 g/mol. The molecule has 0 spiro atoms. The molecule has 1 N–H and O–H groups in total. The number of hydrogen-bond donors (Lipinski definition) is 1. The second-order valence-electron chi connectivity index (χ2n) is 5.26. The summed E-state index contributed by atoms with van der Waals surface area (Å²) in [5, 5.41) is 3.34. The minimum Gasteiger partial charge on any atom is -0.468 e. The molecular weight excluding hydrogens is 250 g/mol. The van der Waals surface area contributed by atoms with Crippen LogP contribution in [0.25, 0.3) is 0 Å². The number of nitrogens with zero attached hydrogens (tertiary/aromatic N) is 2. The quantitative estimate of drug-likeness (QED) is 0.839. The molecule has 1 saturated carbocycles. The van der Waals surface area contributed by atoms with Crippen LogP contribution in [0.3, 0.4) is 0 Å². The van der Waals surface area contributed by atoms with Gasteiger partial charge in [-0.1, -0.05) is 6.07 Å². The highest BCUT2D eigenvalue weighted by atomic mass is 16.3. The van der Waals surface area contributed by atoms with E-state index < -0.39 is 0 Å². The molecule has 1 fully saturated rings. The van der Waals surface area contributed by atoms with Gasteiger partial charge in [0.2, 0.25) is 0 Å². The van der Waals surface area contributed by atoms with E-state index in [9.17, 15) is 0 Å². The molecule has 2 aromatic rings. The van der Waals surface area contributed by atoms with Gasteiger partial charge < -0.3 is 9.73 Å². The minimum atomic E-state index is 0.690. The van der Waals surface area contributed by atoms with Crippen molar-refractivity contribution < 1.29 is 4.42 Å². The van der Waals surface area contributed by atoms with Crippen LogP contribution in [0.5, 0.6) is 0 Å². The molecule has 1 aliphatic carbocycles. The first-order chi connectivity index (χ1) is 9.86. The predicted molar refractivity (Wildman–Crippen MR) is 79.4 cm³/mol. The Labute approximate surface area is 119 Å². The van der Waals surface area contributed by atoms with Crippen molar-refractivity contribution in [3.63, 3.8) is 0 Å². The largest absolute Gasteiger partial charge is 0.468 e. The van der Waals surface area contributed by atoms with Crippen LogP contribution in [0.2, 0.25) is 0 Å². The Kier molecular flexibility index (Phi) is 4.02. The Morgan fingerprint density at radius 1 is 1.30 bits per heavy atom. The van der Waals surface area contributed by atoms with Gasteiger partial charge in [0, 0.05) is 30.9 Å². The van der Waals surface area contributed by atoms with E-state index in [1.165, 1.54) is 18.4 Å². The summed E-state index contributed by atoms with van der Waals surface area (Å²) in [5.41, 5.74) is 1.26. The minimum absolute atomic E-state index is 0.690. The zero-order valence-corrected chi connectivity index (χ0v) is 11.9. The summed E-state index contributed by atoms with van der Waals surface area (Å²) in [6, 6.07) is 8.85. The fraction of sp³-hybridized carbons (Fsp3) is 0.438. The van der Waals surface area contributed by atoms with E-state index in [4.69, 9.17) is 4.42 Å². The summed E-state index contributed by atoms with van der Waals surface area (Å²) in [6.45, 7) is 4.78. The number of anilines is 1. The smallest absolute Gasteiger partial charge is 0.130 e. The Hall–Kier alpha value is -1.81. The summed E-state index contributed by atoms with van der Waals surface area (Å²) in [7, 11) is 0. The SMILES string of the molecule is CCNc1ncccc1CN(Cc1ccco1)C1CC1.